The molecule has 0 saturated carbocycles. The summed E-state index contributed by atoms with van der Waals surface area (Å²) < 4.78 is 13.7. The van der Waals surface area contributed by atoms with Gasteiger partial charge in [0, 0.05) is 10.0 Å². The molecule has 3 aromatic rings. The summed E-state index contributed by atoms with van der Waals surface area (Å²) >= 11 is 3.60. The highest BCUT2D eigenvalue weighted by atomic mass is 79.9. The van der Waals surface area contributed by atoms with Crippen molar-refractivity contribution in [3.05, 3.63) is 106 Å². The minimum Gasteiger partial charge on any atom is -0.337 e. The van der Waals surface area contributed by atoms with Crippen LogP contribution in [-0.4, -0.2) is 0 Å². The first-order valence-corrected chi connectivity index (χ1v) is 8.77. The Morgan fingerprint density at radius 3 is 1.54 bits per heavy atom. The zero-order chi connectivity index (χ0) is 16.4. The van der Waals surface area contributed by atoms with Gasteiger partial charge in [-0.3, -0.25) is 0 Å². The lowest BCUT2D eigenvalue weighted by atomic mass is 9.99. The van der Waals surface area contributed by atoms with Crippen LogP contribution in [0.1, 0.15) is 35.2 Å². The molecule has 1 aliphatic heterocycles. The van der Waals surface area contributed by atoms with Gasteiger partial charge in [-0.1, -0.05) is 94.8 Å². The van der Waals surface area contributed by atoms with Gasteiger partial charge in [-0.25, -0.2) is 0 Å². The van der Waals surface area contributed by atoms with E-state index in [4.69, 9.17) is 9.47 Å². The Hall–Kier alpha value is -1.94. The molecule has 2 atom stereocenters. The molecule has 24 heavy (non-hydrogen) atoms. The third-order valence-corrected chi connectivity index (χ3v) is 4.95. The molecule has 0 amide bonds. The van der Waals surface area contributed by atoms with E-state index in [2.05, 4.69) is 40.2 Å². The lowest BCUT2D eigenvalue weighted by Gasteiger charge is -2.17. The Kier molecular flexibility index (Phi) is 4.48. The van der Waals surface area contributed by atoms with Crippen LogP contribution in [0.2, 0.25) is 0 Å². The first kappa shape index (κ1) is 15.6. The third kappa shape index (κ3) is 3.03. The minimum absolute atomic E-state index is 0.134. The highest BCUT2D eigenvalue weighted by Crippen LogP contribution is 2.48. The summed E-state index contributed by atoms with van der Waals surface area (Å²) in [6, 6.07) is 28.6. The van der Waals surface area contributed by atoms with Gasteiger partial charge in [-0.05, 0) is 17.2 Å². The van der Waals surface area contributed by atoms with Crippen molar-refractivity contribution in [1.29, 1.82) is 0 Å². The number of benzene rings is 3. The number of hydrogen-bond donors (Lipinski definition) is 0. The van der Waals surface area contributed by atoms with Gasteiger partial charge >= 0.3 is 0 Å². The lowest BCUT2D eigenvalue weighted by Crippen LogP contribution is -2.06. The van der Waals surface area contributed by atoms with Crippen molar-refractivity contribution in [3.8, 4) is 0 Å². The summed E-state index contributed by atoms with van der Waals surface area (Å²) in [4.78, 5) is 0. The average Bonchev–Trinajstić information content (AvgIpc) is 3.09. The molecule has 1 aliphatic rings. The second-order valence-electron chi connectivity index (χ2n) is 5.79. The van der Waals surface area contributed by atoms with E-state index < -0.39 is 6.29 Å². The second kappa shape index (κ2) is 6.89. The molecule has 0 aliphatic carbocycles. The molecule has 0 radical (unpaired) electrons. The Morgan fingerprint density at radius 2 is 1.04 bits per heavy atom. The molecule has 1 saturated heterocycles. The number of rotatable bonds is 3. The van der Waals surface area contributed by atoms with Crippen LogP contribution in [0.5, 0.6) is 0 Å². The van der Waals surface area contributed by atoms with Crippen molar-refractivity contribution in [2.75, 3.05) is 0 Å². The molecule has 0 N–H and O–H groups in total. The quantitative estimate of drug-likeness (QED) is 0.556. The van der Waals surface area contributed by atoms with Crippen LogP contribution in [-0.2, 0) is 9.47 Å². The van der Waals surface area contributed by atoms with Crippen LogP contribution >= 0.6 is 15.9 Å². The monoisotopic (exact) mass is 380 g/mol. The van der Waals surface area contributed by atoms with E-state index in [0.29, 0.717) is 0 Å². The summed E-state index contributed by atoms with van der Waals surface area (Å²) in [5, 5.41) is 0. The molecule has 4 rings (SSSR count). The van der Waals surface area contributed by atoms with Gasteiger partial charge in [0.2, 0.25) is 0 Å². The van der Waals surface area contributed by atoms with Gasteiger partial charge in [0.15, 0.2) is 6.29 Å². The van der Waals surface area contributed by atoms with Crippen LogP contribution in [0.15, 0.2) is 89.4 Å². The van der Waals surface area contributed by atoms with Gasteiger partial charge < -0.3 is 9.47 Å². The van der Waals surface area contributed by atoms with Crippen molar-refractivity contribution in [2.45, 2.75) is 18.5 Å². The molecule has 3 aromatic carbocycles. The molecule has 2 nitrogen and oxygen atoms in total. The van der Waals surface area contributed by atoms with E-state index in [0.717, 1.165) is 21.2 Å². The molecule has 0 spiro atoms. The maximum Gasteiger partial charge on any atom is 0.186 e. The van der Waals surface area contributed by atoms with E-state index >= 15 is 0 Å². The fourth-order valence-electron chi connectivity index (χ4n) is 3.05. The highest BCUT2D eigenvalue weighted by Gasteiger charge is 2.39. The number of hydrogen-bond acceptors (Lipinski definition) is 2. The average molecular weight is 381 g/mol. The first-order valence-electron chi connectivity index (χ1n) is 7.98. The summed E-state index contributed by atoms with van der Waals surface area (Å²) in [7, 11) is 0. The molecule has 0 unspecified atom stereocenters. The van der Waals surface area contributed by atoms with E-state index in [1.165, 1.54) is 0 Å². The van der Waals surface area contributed by atoms with Gasteiger partial charge in [0.05, 0.1) is 0 Å². The number of halogens is 1. The molecular weight excluding hydrogens is 364 g/mol. The van der Waals surface area contributed by atoms with Crippen LogP contribution in [0.4, 0.5) is 0 Å². The van der Waals surface area contributed by atoms with Crippen LogP contribution in [0.25, 0.3) is 0 Å². The van der Waals surface area contributed by atoms with Gasteiger partial charge in [-0.15, -0.1) is 0 Å². The van der Waals surface area contributed by atoms with Gasteiger partial charge in [-0.2, -0.15) is 0 Å². The van der Waals surface area contributed by atoms with Crippen molar-refractivity contribution in [2.24, 2.45) is 0 Å². The zero-order valence-corrected chi connectivity index (χ0v) is 14.6. The third-order valence-electron chi connectivity index (χ3n) is 4.23. The fraction of sp³-hybridized carbons (Fsp3) is 0.143. The van der Waals surface area contributed by atoms with Crippen molar-refractivity contribution < 1.29 is 9.47 Å². The Labute approximate surface area is 150 Å². The summed E-state index contributed by atoms with van der Waals surface area (Å²) in [6.45, 7) is 0. The lowest BCUT2D eigenvalue weighted by molar-refractivity contribution is -0.0702. The van der Waals surface area contributed by atoms with E-state index in [1.54, 1.807) is 0 Å². The molecule has 3 heteroatoms. The summed E-state index contributed by atoms with van der Waals surface area (Å²) in [5.41, 5.74) is 3.26. The van der Waals surface area contributed by atoms with Crippen LogP contribution in [0, 0.1) is 0 Å². The normalized spacial score (nSPS) is 21.0. The second-order valence-corrected chi connectivity index (χ2v) is 6.64. The Bertz CT molecular complexity index is 757. The van der Waals surface area contributed by atoms with E-state index in [9.17, 15) is 0 Å². The summed E-state index contributed by atoms with van der Waals surface area (Å²) in [6.07, 6.45) is -0.660. The molecular formula is C21H17BrO2. The highest BCUT2D eigenvalue weighted by molar-refractivity contribution is 9.10. The number of ether oxygens (including phenoxy) is 2. The molecule has 1 heterocycles. The maximum atomic E-state index is 6.33. The Morgan fingerprint density at radius 1 is 0.583 bits per heavy atom. The molecule has 0 aromatic heterocycles. The minimum atomic E-state index is -0.393. The predicted molar refractivity (Wildman–Crippen MR) is 97.4 cm³/mol. The maximum absolute atomic E-state index is 6.33. The molecule has 120 valence electrons. The standard InChI is InChI=1S/C21H17BrO2/c22-18-14-8-7-13-17(18)21-23-19(15-9-3-1-4-10-15)20(24-21)16-11-5-2-6-12-16/h1-14,19-21H/t19-,20-/m1/s1. The van der Waals surface area contributed by atoms with E-state index in [1.807, 2.05) is 60.7 Å². The predicted octanol–water partition coefficient (Wildman–Crippen LogP) is 5.98. The fourth-order valence-corrected chi connectivity index (χ4v) is 3.52. The van der Waals surface area contributed by atoms with Crippen LogP contribution in [0.3, 0.4) is 0 Å². The summed E-state index contributed by atoms with van der Waals surface area (Å²) in [5.74, 6) is 0. The zero-order valence-electron chi connectivity index (χ0n) is 13.0. The topological polar surface area (TPSA) is 18.5 Å². The van der Waals surface area contributed by atoms with Crippen LogP contribution < -0.4 is 0 Å². The van der Waals surface area contributed by atoms with E-state index in [-0.39, 0.29) is 12.2 Å². The van der Waals surface area contributed by atoms with Crippen molar-refractivity contribution in [1.82, 2.24) is 0 Å². The van der Waals surface area contributed by atoms with Gasteiger partial charge in [0.25, 0.3) is 0 Å². The first-order chi connectivity index (χ1) is 11.8. The molecule has 0 bridgehead atoms. The van der Waals surface area contributed by atoms with Crippen molar-refractivity contribution >= 4 is 15.9 Å². The largest absolute Gasteiger partial charge is 0.337 e. The van der Waals surface area contributed by atoms with Crippen molar-refractivity contribution in [3.63, 3.8) is 0 Å². The molecule has 1 fully saturated rings. The Balaban J connectivity index is 1.72. The van der Waals surface area contributed by atoms with Gasteiger partial charge in [0.1, 0.15) is 12.2 Å². The SMILES string of the molecule is Brc1ccccc1C1O[C@H](c2ccccc2)[C@@H](c2ccccc2)O1. The smallest absolute Gasteiger partial charge is 0.186 e.